The van der Waals surface area contributed by atoms with Gasteiger partial charge in [-0.2, -0.15) is 0 Å². The Morgan fingerprint density at radius 2 is 1.50 bits per heavy atom. The Bertz CT molecular complexity index is 909. The molecule has 0 heterocycles. The van der Waals surface area contributed by atoms with Crippen molar-refractivity contribution in [1.82, 2.24) is 4.72 Å². The average molecular weight is 512 g/mol. The van der Waals surface area contributed by atoms with Gasteiger partial charge in [-0.25, -0.2) is 13.1 Å². The highest BCUT2D eigenvalue weighted by atomic mass is 32.2. The molecule has 1 amide bonds. The molecule has 2 atom stereocenters. The normalized spacial score (nSPS) is 15.4. The van der Waals surface area contributed by atoms with Gasteiger partial charge in [0.2, 0.25) is 8.32 Å². The van der Waals surface area contributed by atoms with Gasteiger partial charge in [0.05, 0.1) is 11.0 Å². The summed E-state index contributed by atoms with van der Waals surface area (Å²) in [5, 5.41) is 10.4. The molecule has 1 aromatic carbocycles. The van der Waals surface area contributed by atoms with Crippen molar-refractivity contribution >= 4 is 24.2 Å². The number of aliphatic hydroxyl groups excluding tert-OH is 1. The second-order valence-electron chi connectivity index (χ2n) is 11.2. The number of sulfonamides is 1. The minimum atomic E-state index is -4.05. The Hall–Kier alpha value is -1.48. The van der Waals surface area contributed by atoms with Crippen molar-refractivity contribution < 1.29 is 22.7 Å². The fraction of sp³-hybridized carbons (Fsp3) is 0.654. The molecule has 6 nitrogen and oxygen atoms in total. The molecule has 1 aromatic rings. The molecule has 0 saturated carbocycles. The van der Waals surface area contributed by atoms with E-state index in [2.05, 4.69) is 46.3 Å². The lowest BCUT2D eigenvalue weighted by atomic mass is 9.87. The second kappa shape index (κ2) is 12.0. The van der Waals surface area contributed by atoms with E-state index >= 15 is 0 Å². The van der Waals surface area contributed by atoms with Crippen LogP contribution in [0.3, 0.4) is 0 Å². The van der Waals surface area contributed by atoms with E-state index in [9.17, 15) is 18.3 Å². The van der Waals surface area contributed by atoms with Gasteiger partial charge in [0.15, 0.2) is 0 Å². The molecule has 0 aromatic heterocycles. The lowest BCUT2D eigenvalue weighted by Crippen LogP contribution is -2.53. The Kier molecular flexibility index (Phi) is 10.8. The molecule has 0 radical (unpaired) electrons. The third-order valence-electron chi connectivity index (χ3n) is 6.53. The number of aryl methyl sites for hydroxylation is 1. The first-order valence-corrected chi connectivity index (χ1v) is 15.7. The summed E-state index contributed by atoms with van der Waals surface area (Å²) < 4.78 is 34.7. The van der Waals surface area contributed by atoms with Gasteiger partial charge in [0.1, 0.15) is 6.10 Å². The number of nitrogens with one attached hydrogen (secondary N) is 1. The van der Waals surface area contributed by atoms with Crippen molar-refractivity contribution in [3.8, 4) is 0 Å². The lowest BCUT2D eigenvalue weighted by molar-refractivity contribution is -0.124. The Labute approximate surface area is 208 Å². The van der Waals surface area contributed by atoms with Crippen molar-refractivity contribution in [3.63, 3.8) is 0 Å². The molecule has 0 fully saturated rings. The molecule has 0 aliphatic carbocycles. The van der Waals surface area contributed by atoms with Gasteiger partial charge in [0.25, 0.3) is 15.9 Å². The van der Waals surface area contributed by atoms with Gasteiger partial charge in [-0.15, -0.1) is 0 Å². The first-order valence-electron chi connectivity index (χ1n) is 12.1. The van der Waals surface area contributed by atoms with E-state index in [-0.39, 0.29) is 26.9 Å². The van der Waals surface area contributed by atoms with Crippen molar-refractivity contribution in [1.29, 1.82) is 0 Å². The van der Waals surface area contributed by atoms with E-state index < -0.39 is 36.5 Å². The molecule has 0 aliphatic heterocycles. The van der Waals surface area contributed by atoms with Crippen molar-refractivity contribution in [3.05, 3.63) is 42.0 Å². The van der Waals surface area contributed by atoms with Crippen LogP contribution in [0.2, 0.25) is 16.6 Å². The maximum absolute atomic E-state index is 13.3. The van der Waals surface area contributed by atoms with Crippen LogP contribution >= 0.6 is 0 Å². The summed E-state index contributed by atoms with van der Waals surface area (Å²) >= 11 is 0. The molecule has 34 heavy (non-hydrogen) atoms. The molecular formula is C26H45NO5SSi. The van der Waals surface area contributed by atoms with E-state index in [1.807, 2.05) is 27.7 Å². The Balaban J connectivity index is 3.34. The summed E-state index contributed by atoms with van der Waals surface area (Å²) in [7, 11) is -6.55. The van der Waals surface area contributed by atoms with Crippen LogP contribution in [-0.4, -0.2) is 40.0 Å². The van der Waals surface area contributed by atoms with Crippen molar-refractivity contribution in [2.24, 2.45) is 5.41 Å². The third kappa shape index (κ3) is 7.76. The minimum Gasteiger partial charge on any atom is -0.401 e. The van der Waals surface area contributed by atoms with Crippen LogP contribution in [0.1, 0.15) is 74.3 Å². The summed E-state index contributed by atoms with van der Waals surface area (Å²) in [6, 6.07) is 6.33. The maximum Gasteiger partial charge on any atom is 0.265 e. The summed E-state index contributed by atoms with van der Waals surface area (Å²) in [6.07, 6.45) is 1.97. The largest absolute Gasteiger partial charge is 0.401 e. The van der Waals surface area contributed by atoms with E-state index in [1.165, 1.54) is 12.1 Å². The summed E-state index contributed by atoms with van der Waals surface area (Å²) in [6.45, 7) is 20.3. The molecule has 8 heteroatoms. The first kappa shape index (κ1) is 30.5. The van der Waals surface area contributed by atoms with E-state index in [4.69, 9.17) is 4.43 Å². The average Bonchev–Trinajstić information content (AvgIpc) is 2.68. The number of rotatable bonds is 11. The SMILES string of the molecule is Cc1ccc(S(=O)(=O)NC(=O)[C@@H](/C=C\CC(O)C(C)(C)C)O[Si](C(C)C)(C(C)C)C(C)C)cc1. The van der Waals surface area contributed by atoms with Crippen LogP contribution in [0.4, 0.5) is 0 Å². The number of carbonyl (C=O) groups excluding carboxylic acids is 1. The number of carbonyl (C=O) groups is 1. The van der Waals surface area contributed by atoms with E-state index in [1.54, 1.807) is 24.3 Å². The molecule has 0 saturated heterocycles. The first-order chi connectivity index (χ1) is 15.4. The van der Waals surface area contributed by atoms with Crippen LogP contribution in [-0.2, 0) is 19.2 Å². The number of hydrogen-bond donors (Lipinski definition) is 2. The molecule has 0 aliphatic rings. The quantitative estimate of drug-likeness (QED) is 0.293. The standard InChI is InChI=1S/C26H45NO5SSi/c1-18(2)34(19(3)4,20(5)6)32-23(12-11-13-24(28)26(8,9)10)25(29)27-33(30,31)22-16-14-21(7)15-17-22/h11-12,14-20,23-24,28H,13H2,1-10H3,(H,27,29)/b12-11-/t23-,24?/m1/s1. The Morgan fingerprint density at radius 1 is 1.03 bits per heavy atom. The monoisotopic (exact) mass is 511 g/mol. The second-order valence-corrected chi connectivity index (χ2v) is 18.3. The lowest BCUT2D eigenvalue weighted by Gasteiger charge is -2.43. The van der Waals surface area contributed by atoms with E-state index in [0.29, 0.717) is 6.42 Å². The highest BCUT2D eigenvalue weighted by Gasteiger charge is 2.47. The summed E-state index contributed by atoms with van der Waals surface area (Å²) in [5.74, 6) is -0.721. The minimum absolute atomic E-state index is 0.0254. The van der Waals surface area contributed by atoms with Gasteiger partial charge in [-0.05, 0) is 47.5 Å². The summed E-state index contributed by atoms with van der Waals surface area (Å²) in [5.41, 5.74) is 1.25. The van der Waals surface area contributed by atoms with E-state index in [0.717, 1.165) is 5.56 Å². The molecule has 0 spiro atoms. The number of hydrogen-bond acceptors (Lipinski definition) is 5. The zero-order valence-electron chi connectivity index (χ0n) is 22.5. The zero-order chi connectivity index (χ0) is 26.5. The highest BCUT2D eigenvalue weighted by molar-refractivity contribution is 7.90. The van der Waals surface area contributed by atoms with Gasteiger partial charge in [-0.1, -0.05) is 92.2 Å². The van der Waals surface area contributed by atoms with Gasteiger partial charge in [-0.3, -0.25) is 4.79 Å². The van der Waals surface area contributed by atoms with Crippen molar-refractivity contribution in [2.45, 2.75) is 109 Å². The highest BCUT2D eigenvalue weighted by Crippen LogP contribution is 2.43. The van der Waals surface area contributed by atoms with Crippen LogP contribution in [0.25, 0.3) is 0 Å². The van der Waals surface area contributed by atoms with Gasteiger partial charge >= 0.3 is 0 Å². The topological polar surface area (TPSA) is 92.7 Å². The number of benzene rings is 1. The molecule has 1 rings (SSSR count). The fourth-order valence-corrected chi connectivity index (χ4v) is 10.9. The van der Waals surface area contributed by atoms with Gasteiger partial charge in [0, 0.05) is 0 Å². The summed E-state index contributed by atoms with van der Waals surface area (Å²) in [4.78, 5) is 13.3. The van der Waals surface area contributed by atoms with Crippen LogP contribution in [0.5, 0.6) is 0 Å². The van der Waals surface area contributed by atoms with Crippen LogP contribution in [0, 0.1) is 12.3 Å². The third-order valence-corrected chi connectivity index (χ3v) is 14.0. The molecule has 2 N–H and O–H groups in total. The Morgan fingerprint density at radius 3 is 1.91 bits per heavy atom. The predicted octanol–water partition coefficient (Wildman–Crippen LogP) is 5.71. The molecule has 194 valence electrons. The smallest absolute Gasteiger partial charge is 0.265 e. The molecular weight excluding hydrogens is 466 g/mol. The van der Waals surface area contributed by atoms with Crippen molar-refractivity contribution in [2.75, 3.05) is 0 Å². The number of amides is 1. The van der Waals surface area contributed by atoms with Crippen LogP contribution in [0.15, 0.2) is 41.3 Å². The van der Waals surface area contributed by atoms with Crippen LogP contribution < -0.4 is 4.72 Å². The number of aliphatic hydroxyl groups is 1. The maximum atomic E-state index is 13.3. The zero-order valence-corrected chi connectivity index (χ0v) is 24.4. The molecule has 1 unspecified atom stereocenters. The predicted molar refractivity (Wildman–Crippen MR) is 142 cm³/mol. The molecule has 0 bridgehead atoms. The fourth-order valence-electron chi connectivity index (χ4n) is 4.46. The van der Waals surface area contributed by atoms with Gasteiger partial charge < -0.3 is 9.53 Å².